The lowest BCUT2D eigenvalue weighted by atomic mass is 10.1. The smallest absolute Gasteiger partial charge is 0.338 e. The highest BCUT2D eigenvalue weighted by atomic mass is 16.6. The van der Waals surface area contributed by atoms with Crippen molar-refractivity contribution in [3.8, 4) is 5.75 Å². The molecule has 1 aliphatic carbocycles. The van der Waals surface area contributed by atoms with Crippen LogP contribution < -0.4 is 4.74 Å². The van der Waals surface area contributed by atoms with E-state index < -0.39 is 10.9 Å². The monoisotopic (exact) mass is 331 g/mol. The van der Waals surface area contributed by atoms with Crippen LogP contribution in [0.5, 0.6) is 5.75 Å². The van der Waals surface area contributed by atoms with Gasteiger partial charge in [-0.05, 0) is 37.5 Å². The van der Waals surface area contributed by atoms with Crippen molar-refractivity contribution in [1.29, 1.82) is 0 Å². The number of nitro groups is 1. The lowest BCUT2D eigenvalue weighted by Gasteiger charge is -2.20. The van der Waals surface area contributed by atoms with Crippen LogP contribution in [0.2, 0.25) is 0 Å². The van der Waals surface area contributed by atoms with Gasteiger partial charge in [0.05, 0.1) is 23.6 Å². The maximum Gasteiger partial charge on any atom is 0.338 e. The van der Waals surface area contributed by atoms with Gasteiger partial charge in [0.15, 0.2) is 5.75 Å². The molecule has 8 nitrogen and oxygen atoms in total. The number of esters is 1. The number of methoxy groups -OCH3 is 1. The summed E-state index contributed by atoms with van der Waals surface area (Å²) in [7, 11) is 1.34. The average Bonchev–Trinajstić information content (AvgIpc) is 3.25. The van der Waals surface area contributed by atoms with Crippen LogP contribution in [0.15, 0.2) is 36.7 Å². The molecule has 1 aromatic carbocycles. The predicted molar refractivity (Wildman–Crippen MR) is 84.0 cm³/mol. The third-order valence-electron chi connectivity index (χ3n) is 4.15. The van der Waals surface area contributed by atoms with E-state index in [0.29, 0.717) is 0 Å². The summed E-state index contributed by atoms with van der Waals surface area (Å²) in [6.07, 6.45) is 5.79. The summed E-state index contributed by atoms with van der Waals surface area (Å²) < 4.78 is 12.3. The zero-order valence-corrected chi connectivity index (χ0v) is 13.1. The number of nitrogens with zero attached hydrogens (tertiary/aromatic N) is 3. The molecule has 0 radical (unpaired) electrons. The Balaban J connectivity index is 1.77. The minimum absolute atomic E-state index is 0.00261. The van der Waals surface area contributed by atoms with Crippen LogP contribution in [-0.2, 0) is 4.74 Å². The lowest BCUT2D eigenvalue weighted by Crippen LogP contribution is -2.25. The molecule has 0 amide bonds. The molecule has 1 heterocycles. The van der Waals surface area contributed by atoms with E-state index in [4.69, 9.17) is 9.47 Å². The van der Waals surface area contributed by atoms with Crippen LogP contribution in [0.3, 0.4) is 0 Å². The van der Waals surface area contributed by atoms with E-state index in [1.54, 1.807) is 10.9 Å². The second-order valence-corrected chi connectivity index (χ2v) is 5.57. The Morgan fingerprint density at radius 3 is 2.92 bits per heavy atom. The molecule has 2 aromatic rings. The Labute approximate surface area is 138 Å². The highest BCUT2D eigenvalue weighted by Crippen LogP contribution is 2.33. The van der Waals surface area contributed by atoms with E-state index in [-0.39, 0.29) is 29.1 Å². The number of hydrogen-bond acceptors (Lipinski definition) is 6. The first-order chi connectivity index (χ1) is 11.6. The third-order valence-corrected chi connectivity index (χ3v) is 4.15. The largest absolute Gasteiger partial charge is 0.490 e. The van der Waals surface area contributed by atoms with E-state index in [1.165, 1.54) is 25.3 Å². The summed E-state index contributed by atoms with van der Waals surface area (Å²) in [5.41, 5.74) is -0.129. The molecule has 2 atom stereocenters. The van der Waals surface area contributed by atoms with E-state index >= 15 is 0 Å². The fourth-order valence-electron chi connectivity index (χ4n) is 2.99. The number of carbonyl (C=O) groups is 1. The zero-order valence-electron chi connectivity index (χ0n) is 13.1. The zero-order chi connectivity index (χ0) is 17.1. The summed E-state index contributed by atoms with van der Waals surface area (Å²) in [5, 5.41) is 15.3. The topological polar surface area (TPSA) is 96.5 Å². The molecule has 0 N–H and O–H groups in total. The number of benzene rings is 1. The molecule has 0 unspecified atom stereocenters. The fourth-order valence-corrected chi connectivity index (χ4v) is 2.99. The molecule has 0 bridgehead atoms. The Morgan fingerprint density at radius 2 is 2.25 bits per heavy atom. The van der Waals surface area contributed by atoms with Crippen molar-refractivity contribution in [3.63, 3.8) is 0 Å². The first-order valence-electron chi connectivity index (χ1n) is 7.62. The number of ether oxygens (including phenoxy) is 2. The molecule has 1 saturated carbocycles. The van der Waals surface area contributed by atoms with Gasteiger partial charge in [0.25, 0.3) is 0 Å². The van der Waals surface area contributed by atoms with Gasteiger partial charge < -0.3 is 9.47 Å². The maximum absolute atomic E-state index is 12.4. The second-order valence-electron chi connectivity index (χ2n) is 5.57. The molecule has 8 heteroatoms. The van der Waals surface area contributed by atoms with Gasteiger partial charge in [0.1, 0.15) is 6.10 Å². The van der Waals surface area contributed by atoms with Gasteiger partial charge in [-0.2, -0.15) is 5.10 Å². The molecule has 126 valence electrons. The van der Waals surface area contributed by atoms with Gasteiger partial charge in [-0.25, -0.2) is 4.79 Å². The Morgan fingerprint density at radius 1 is 1.42 bits per heavy atom. The van der Waals surface area contributed by atoms with Crippen molar-refractivity contribution in [1.82, 2.24) is 9.78 Å². The highest BCUT2D eigenvalue weighted by Gasteiger charge is 2.33. The van der Waals surface area contributed by atoms with Crippen LogP contribution in [0, 0.1) is 10.1 Å². The van der Waals surface area contributed by atoms with Crippen molar-refractivity contribution in [3.05, 3.63) is 52.3 Å². The second kappa shape index (κ2) is 6.69. The van der Waals surface area contributed by atoms with Gasteiger partial charge in [-0.3, -0.25) is 14.8 Å². The van der Waals surface area contributed by atoms with Crippen molar-refractivity contribution in [2.75, 3.05) is 7.11 Å². The number of carbonyl (C=O) groups excluding carboxylic acids is 1. The van der Waals surface area contributed by atoms with E-state index in [0.717, 1.165) is 19.3 Å². The quantitative estimate of drug-likeness (QED) is 0.475. The molecule has 1 aromatic heterocycles. The predicted octanol–water partition coefficient (Wildman–Crippen LogP) is 2.75. The highest BCUT2D eigenvalue weighted by molar-refractivity contribution is 5.90. The molecule has 3 rings (SSSR count). The van der Waals surface area contributed by atoms with E-state index in [1.807, 2.05) is 12.3 Å². The van der Waals surface area contributed by atoms with Crippen LogP contribution in [0.4, 0.5) is 5.69 Å². The van der Waals surface area contributed by atoms with Crippen LogP contribution in [0.25, 0.3) is 0 Å². The SMILES string of the molecule is COc1ccc(C(=O)O[C@@H]2CCC[C@H]2n2cccn2)cc1[N+](=O)[O-]. The Hall–Kier alpha value is -2.90. The molecular weight excluding hydrogens is 314 g/mol. The maximum atomic E-state index is 12.4. The first kappa shape index (κ1) is 16.0. The van der Waals surface area contributed by atoms with E-state index in [2.05, 4.69) is 5.10 Å². The van der Waals surface area contributed by atoms with Crippen LogP contribution >= 0.6 is 0 Å². The summed E-state index contributed by atoms with van der Waals surface area (Å²) in [6, 6.07) is 5.86. The van der Waals surface area contributed by atoms with Crippen molar-refractivity contribution in [2.45, 2.75) is 31.4 Å². The molecule has 1 fully saturated rings. The van der Waals surface area contributed by atoms with Crippen molar-refractivity contribution < 1.29 is 19.2 Å². The summed E-state index contributed by atoms with van der Waals surface area (Å²) in [5.74, 6) is -0.475. The lowest BCUT2D eigenvalue weighted by molar-refractivity contribution is -0.385. The third kappa shape index (κ3) is 3.08. The minimum Gasteiger partial charge on any atom is -0.490 e. The molecule has 0 saturated heterocycles. The standard InChI is InChI=1S/C16H17N3O5/c1-23-14-7-6-11(10-13(14)19(21)22)16(20)24-15-5-2-4-12(15)18-9-3-8-17-18/h3,6-10,12,15H,2,4-5H2,1H3/t12-,15-/m1/s1. The first-order valence-corrected chi connectivity index (χ1v) is 7.62. The number of rotatable bonds is 5. The van der Waals surface area contributed by atoms with Crippen molar-refractivity contribution in [2.24, 2.45) is 0 Å². The molecular formula is C16H17N3O5. The molecule has 24 heavy (non-hydrogen) atoms. The summed E-state index contributed by atoms with van der Waals surface area (Å²) in [4.78, 5) is 22.9. The van der Waals surface area contributed by atoms with Crippen molar-refractivity contribution >= 4 is 11.7 Å². The van der Waals surface area contributed by atoms with E-state index in [9.17, 15) is 14.9 Å². The average molecular weight is 331 g/mol. The summed E-state index contributed by atoms with van der Waals surface area (Å²) in [6.45, 7) is 0. The fraction of sp³-hybridized carbons (Fsp3) is 0.375. The van der Waals surface area contributed by atoms with Gasteiger partial charge in [-0.15, -0.1) is 0 Å². The molecule has 0 spiro atoms. The van der Waals surface area contributed by atoms with Gasteiger partial charge >= 0.3 is 11.7 Å². The Bertz CT molecular complexity index is 744. The minimum atomic E-state index is -0.586. The summed E-state index contributed by atoms with van der Waals surface area (Å²) >= 11 is 0. The van der Waals surface area contributed by atoms with Crippen LogP contribution in [0.1, 0.15) is 35.7 Å². The number of aromatic nitrogens is 2. The number of nitro benzene ring substituents is 1. The normalized spacial score (nSPS) is 19.9. The molecule has 1 aliphatic rings. The van der Waals surface area contributed by atoms with Gasteiger partial charge in [0, 0.05) is 18.5 Å². The molecule has 0 aliphatic heterocycles. The Kier molecular flexibility index (Phi) is 4.45. The van der Waals surface area contributed by atoms with Gasteiger partial charge in [-0.1, -0.05) is 0 Å². The number of hydrogen-bond donors (Lipinski definition) is 0. The van der Waals surface area contributed by atoms with Crippen LogP contribution in [-0.4, -0.2) is 33.9 Å². The van der Waals surface area contributed by atoms with Gasteiger partial charge in [0.2, 0.25) is 0 Å².